The lowest BCUT2D eigenvalue weighted by molar-refractivity contribution is -0.127. The first-order valence-electron chi connectivity index (χ1n) is 7.23. The van der Waals surface area contributed by atoms with Gasteiger partial charge in [-0.2, -0.15) is 0 Å². The van der Waals surface area contributed by atoms with Gasteiger partial charge in [0.25, 0.3) is 0 Å². The third kappa shape index (κ3) is 2.73. The third-order valence-electron chi connectivity index (χ3n) is 4.31. The molecule has 0 bridgehead atoms. The molecule has 0 aromatic heterocycles. The number of nitrogens with two attached hydrogens (primary N) is 1. The lowest BCUT2D eigenvalue weighted by Gasteiger charge is -2.42. The number of hydrogen-bond acceptors (Lipinski definition) is 3. The minimum absolute atomic E-state index is 0.151. The molecule has 1 aliphatic carbocycles. The normalized spacial score (nSPS) is 25.1. The number of ether oxygens (including phenoxy) is 1. The van der Waals surface area contributed by atoms with Crippen molar-refractivity contribution in [1.82, 2.24) is 5.32 Å². The molecule has 1 aliphatic rings. The summed E-state index contributed by atoms with van der Waals surface area (Å²) in [6.45, 7) is 1.46. The summed E-state index contributed by atoms with van der Waals surface area (Å²) in [5.41, 5.74) is 5.63. The van der Waals surface area contributed by atoms with E-state index < -0.39 is 11.3 Å². The Morgan fingerprint density at radius 2 is 2.05 bits per heavy atom. The van der Waals surface area contributed by atoms with Gasteiger partial charge in [0.15, 0.2) is 0 Å². The van der Waals surface area contributed by atoms with E-state index in [0.717, 1.165) is 24.8 Å². The molecule has 2 rings (SSSR count). The molecule has 1 aromatic carbocycles. The fourth-order valence-electron chi connectivity index (χ4n) is 3.38. The molecule has 2 unspecified atom stereocenters. The predicted molar refractivity (Wildman–Crippen MR) is 79.9 cm³/mol. The lowest BCUT2D eigenvalue weighted by Crippen LogP contribution is -2.58. The second-order valence-electron chi connectivity index (χ2n) is 5.53. The highest BCUT2D eigenvalue weighted by molar-refractivity contribution is 5.89. The zero-order valence-corrected chi connectivity index (χ0v) is 12.5. The summed E-state index contributed by atoms with van der Waals surface area (Å²) >= 11 is 0. The maximum Gasteiger partial charge on any atom is 0.230 e. The Kier molecular flexibility index (Phi) is 4.50. The predicted octanol–water partition coefficient (Wildman–Crippen LogP) is 1.50. The van der Waals surface area contributed by atoms with Crippen LogP contribution in [0.5, 0.6) is 5.75 Å². The molecule has 0 spiro atoms. The third-order valence-corrected chi connectivity index (χ3v) is 4.31. The molecule has 21 heavy (non-hydrogen) atoms. The van der Waals surface area contributed by atoms with Crippen molar-refractivity contribution in [3.05, 3.63) is 29.8 Å². The van der Waals surface area contributed by atoms with Crippen LogP contribution in [0.1, 0.15) is 38.2 Å². The summed E-state index contributed by atoms with van der Waals surface area (Å²) in [5, 5.41) is 2.91. The lowest BCUT2D eigenvalue weighted by atomic mass is 9.65. The van der Waals surface area contributed by atoms with Gasteiger partial charge in [-0.3, -0.25) is 9.59 Å². The van der Waals surface area contributed by atoms with Crippen molar-refractivity contribution in [2.45, 2.75) is 44.1 Å². The summed E-state index contributed by atoms with van der Waals surface area (Å²) < 4.78 is 5.41. The molecule has 1 fully saturated rings. The average molecular weight is 290 g/mol. The molecule has 114 valence electrons. The summed E-state index contributed by atoms with van der Waals surface area (Å²) in [6.07, 6.45) is 3.22. The molecule has 1 aromatic rings. The van der Waals surface area contributed by atoms with Gasteiger partial charge in [0.1, 0.15) is 5.75 Å². The second kappa shape index (κ2) is 6.16. The second-order valence-corrected chi connectivity index (χ2v) is 5.53. The van der Waals surface area contributed by atoms with Crippen molar-refractivity contribution >= 4 is 11.8 Å². The average Bonchev–Trinajstić information content (AvgIpc) is 2.47. The van der Waals surface area contributed by atoms with Crippen LogP contribution in [0.2, 0.25) is 0 Å². The van der Waals surface area contributed by atoms with E-state index in [2.05, 4.69) is 5.32 Å². The standard InChI is InChI=1S/C16H22N2O3/c1-11(19)18-14-9-5-6-10-16(14,15(17)20)12-7-3-4-8-13(12)21-2/h3-4,7-8,14H,5-6,9-10H2,1-2H3,(H2,17,20)(H,18,19). The van der Waals surface area contributed by atoms with Crippen LogP contribution in [-0.4, -0.2) is 25.0 Å². The number of amides is 2. The first kappa shape index (κ1) is 15.4. The minimum Gasteiger partial charge on any atom is -0.496 e. The van der Waals surface area contributed by atoms with Gasteiger partial charge in [0, 0.05) is 18.5 Å². The van der Waals surface area contributed by atoms with Crippen molar-refractivity contribution in [3.8, 4) is 5.75 Å². The Labute approximate surface area is 124 Å². The maximum absolute atomic E-state index is 12.4. The van der Waals surface area contributed by atoms with E-state index in [-0.39, 0.29) is 11.9 Å². The van der Waals surface area contributed by atoms with E-state index in [1.807, 2.05) is 24.3 Å². The van der Waals surface area contributed by atoms with Crippen LogP contribution in [0.3, 0.4) is 0 Å². The van der Waals surface area contributed by atoms with Gasteiger partial charge in [0.05, 0.1) is 12.5 Å². The number of carbonyl (C=O) groups is 2. The van der Waals surface area contributed by atoms with Gasteiger partial charge in [-0.15, -0.1) is 0 Å². The smallest absolute Gasteiger partial charge is 0.230 e. The van der Waals surface area contributed by atoms with Gasteiger partial charge >= 0.3 is 0 Å². The van der Waals surface area contributed by atoms with Crippen LogP contribution < -0.4 is 15.8 Å². The number of methoxy groups -OCH3 is 1. The first-order chi connectivity index (χ1) is 10.0. The number of hydrogen-bond donors (Lipinski definition) is 2. The van der Waals surface area contributed by atoms with Crippen molar-refractivity contribution in [1.29, 1.82) is 0 Å². The van der Waals surface area contributed by atoms with Gasteiger partial charge in [0.2, 0.25) is 11.8 Å². The van der Waals surface area contributed by atoms with Crippen LogP contribution in [0, 0.1) is 0 Å². The topological polar surface area (TPSA) is 81.4 Å². The van der Waals surface area contributed by atoms with E-state index in [4.69, 9.17) is 10.5 Å². The highest BCUT2D eigenvalue weighted by atomic mass is 16.5. The molecular formula is C16H22N2O3. The number of nitrogens with one attached hydrogen (secondary N) is 1. The largest absolute Gasteiger partial charge is 0.496 e. The van der Waals surface area contributed by atoms with E-state index in [1.54, 1.807) is 7.11 Å². The molecule has 2 amide bonds. The number of carbonyl (C=O) groups excluding carboxylic acids is 2. The molecule has 0 aliphatic heterocycles. The minimum atomic E-state index is -0.906. The first-order valence-corrected chi connectivity index (χ1v) is 7.23. The summed E-state index contributed by atoms with van der Waals surface area (Å²) in [7, 11) is 1.57. The molecular weight excluding hydrogens is 268 g/mol. The van der Waals surface area contributed by atoms with Gasteiger partial charge < -0.3 is 15.8 Å². The van der Waals surface area contributed by atoms with Crippen LogP contribution in [0.15, 0.2) is 24.3 Å². The highest BCUT2D eigenvalue weighted by Crippen LogP contribution is 2.43. The number of primary amides is 1. The van der Waals surface area contributed by atoms with E-state index in [9.17, 15) is 9.59 Å². The zero-order chi connectivity index (χ0) is 15.5. The van der Waals surface area contributed by atoms with Crippen LogP contribution in [0.25, 0.3) is 0 Å². The van der Waals surface area contributed by atoms with Crippen molar-refractivity contribution in [2.75, 3.05) is 7.11 Å². The number of benzene rings is 1. The Balaban J connectivity index is 2.56. The maximum atomic E-state index is 12.4. The van der Waals surface area contributed by atoms with Gasteiger partial charge in [-0.05, 0) is 18.9 Å². The Hall–Kier alpha value is -2.04. The Morgan fingerprint density at radius 1 is 1.33 bits per heavy atom. The molecule has 3 N–H and O–H groups in total. The van der Waals surface area contributed by atoms with E-state index in [0.29, 0.717) is 12.2 Å². The summed E-state index contributed by atoms with van der Waals surface area (Å²) in [4.78, 5) is 23.9. The van der Waals surface area contributed by atoms with Crippen LogP contribution in [-0.2, 0) is 15.0 Å². The van der Waals surface area contributed by atoms with Crippen molar-refractivity contribution in [2.24, 2.45) is 5.73 Å². The molecule has 2 atom stereocenters. The fraction of sp³-hybridized carbons (Fsp3) is 0.500. The van der Waals surface area contributed by atoms with Crippen LogP contribution in [0.4, 0.5) is 0 Å². The van der Waals surface area contributed by atoms with Gasteiger partial charge in [-0.25, -0.2) is 0 Å². The molecule has 0 radical (unpaired) electrons. The zero-order valence-electron chi connectivity index (χ0n) is 12.5. The SMILES string of the molecule is COc1ccccc1C1(C(N)=O)CCCCC1NC(C)=O. The van der Waals surface area contributed by atoms with Crippen molar-refractivity contribution in [3.63, 3.8) is 0 Å². The molecule has 1 saturated carbocycles. The molecule has 5 heteroatoms. The van der Waals surface area contributed by atoms with E-state index in [1.165, 1.54) is 6.92 Å². The quantitative estimate of drug-likeness (QED) is 0.881. The van der Waals surface area contributed by atoms with Crippen molar-refractivity contribution < 1.29 is 14.3 Å². The molecule has 0 heterocycles. The number of para-hydroxylation sites is 1. The summed E-state index contributed by atoms with van der Waals surface area (Å²) in [5.74, 6) is 0.0708. The fourth-order valence-corrected chi connectivity index (χ4v) is 3.38. The van der Waals surface area contributed by atoms with Crippen LogP contribution >= 0.6 is 0 Å². The molecule has 5 nitrogen and oxygen atoms in total. The van der Waals surface area contributed by atoms with E-state index >= 15 is 0 Å². The molecule has 0 saturated heterocycles. The number of rotatable bonds is 4. The monoisotopic (exact) mass is 290 g/mol. The Bertz CT molecular complexity index is 544. The van der Waals surface area contributed by atoms with Gasteiger partial charge in [-0.1, -0.05) is 31.0 Å². The highest BCUT2D eigenvalue weighted by Gasteiger charge is 2.49. The summed E-state index contributed by atoms with van der Waals surface area (Å²) in [6, 6.07) is 7.11. The Morgan fingerprint density at radius 3 is 2.67 bits per heavy atom.